The molecule has 0 spiro atoms. The number of likely N-dealkylation sites (N-methyl/N-ethyl adjacent to an activating group) is 2. The number of hydrogen-bond donors (Lipinski definition) is 2. The molecule has 0 heterocycles. The lowest BCUT2D eigenvalue weighted by Crippen LogP contribution is -2.40. The highest BCUT2D eigenvalue weighted by atomic mass is 35.5. The molecular weight excluding hydrogens is 314 g/mol. The summed E-state index contributed by atoms with van der Waals surface area (Å²) < 4.78 is 26.2. The molecule has 0 saturated heterocycles. The molecule has 0 bridgehead atoms. The van der Waals surface area contributed by atoms with Crippen molar-refractivity contribution in [2.75, 3.05) is 25.4 Å². The average molecular weight is 334 g/mol. The van der Waals surface area contributed by atoms with E-state index in [0.717, 1.165) is 4.31 Å². The third kappa shape index (κ3) is 4.09. The van der Waals surface area contributed by atoms with Gasteiger partial charge in [-0.05, 0) is 31.5 Å². The molecule has 0 fully saturated rings. The summed E-state index contributed by atoms with van der Waals surface area (Å²) in [5.74, 6) is -0.353. The number of sulfonamides is 1. The van der Waals surface area contributed by atoms with Gasteiger partial charge in [0.25, 0.3) is 0 Å². The zero-order valence-corrected chi connectivity index (χ0v) is 13.9. The molecule has 0 aliphatic heterocycles. The van der Waals surface area contributed by atoms with Gasteiger partial charge in [0.1, 0.15) is 0 Å². The van der Waals surface area contributed by atoms with E-state index in [1.165, 1.54) is 12.1 Å². The Bertz CT molecular complexity index is 609. The van der Waals surface area contributed by atoms with Crippen molar-refractivity contribution in [1.29, 1.82) is 0 Å². The van der Waals surface area contributed by atoms with Crippen molar-refractivity contribution in [3.63, 3.8) is 0 Å². The van der Waals surface area contributed by atoms with E-state index in [4.69, 9.17) is 17.3 Å². The van der Waals surface area contributed by atoms with Gasteiger partial charge >= 0.3 is 0 Å². The third-order valence-corrected chi connectivity index (χ3v) is 5.33. The fourth-order valence-electron chi connectivity index (χ4n) is 1.75. The highest BCUT2D eigenvalue weighted by molar-refractivity contribution is 7.89. The number of anilines is 1. The molecule has 8 heteroatoms. The van der Waals surface area contributed by atoms with Crippen LogP contribution in [0.5, 0.6) is 0 Å². The van der Waals surface area contributed by atoms with E-state index < -0.39 is 10.0 Å². The van der Waals surface area contributed by atoms with E-state index in [1.54, 1.807) is 20.8 Å². The predicted molar refractivity (Wildman–Crippen MR) is 83.7 cm³/mol. The van der Waals surface area contributed by atoms with Crippen LogP contribution in [0.2, 0.25) is 5.02 Å². The topological polar surface area (TPSA) is 92.5 Å². The minimum atomic E-state index is -3.82. The molecule has 1 amide bonds. The third-order valence-electron chi connectivity index (χ3n) is 3.04. The number of nitrogens with two attached hydrogens (primary N) is 1. The summed E-state index contributed by atoms with van der Waals surface area (Å²) in [6.07, 6.45) is 0. The number of benzene rings is 1. The highest BCUT2D eigenvalue weighted by Crippen LogP contribution is 2.27. The van der Waals surface area contributed by atoms with Crippen LogP contribution in [0.3, 0.4) is 0 Å². The minimum Gasteiger partial charge on any atom is -0.398 e. The van der Waals surface area contributed by atoms with Crippen LogP contribution in [0.25, 0.3) is 0 Å². The molecule has 0 aromatic heterocycles. The van der Waals surface area contributed by atoms with Crippen molar-refractivity contribution in [2.45, 2.75) is 25.7 Å². The Labute approximate surface area is 130 Å². The lowest BCUT2D eigenvalue weighted by atomic mass is 10.2. The van der Waals surface area contributed by atoms with Gasteiger partial charge in [0.2, 0.25) is 15.9 Å². The van der Waals surface area contributed by atoms with Crippen LogP contribution in [0, 0.1) is 6.92 Å². The number of rotatable bonds is 6. The smallest absolute Gasteiger partial charge is 0.243 e. The summed E-state index contributed by atoms with van der Waals surface area (Å²) in [5, 5.41) is 2.85. The van der Waals surface area contributed by atoms with Crippen LogP contribution in [0.1, 0.15) is 19.4 Å². The maximum Gasteiger partial charge on any atom is 0.243 e. The molecule has 21 heavy (non-hydrogen) atoms. The van der Waals surface area contributed by atoms with Gasteiger partial charge in [0.15, 0.2) is 0 Å². The van der Waals surface area contributed by atoms with Gasteiger partial charge in [0.05, 0.1) is 11.4 Å². The monoisotopic (exact) mass is 333 g/mol. The standard InChI is InChI=1S/C13H20ClN3O3S/c1-4-16-13(18)8-17(5-2)21(19,20)10-6-11(14)9(3)12(15)7-10/h6-7H,4-5,8,15H2,1-3H3,(H,16,18). The number of nitrogen functional groups attached to an aromatic ring is 1. The zero-order valence-electron chi connectivity index (χ0n) is 12.3. The zero-order chi connectivity index (χ0) is 16.2. The van der Waals surface area contributed by atoms with Crippen molar-refractivity contribution >= 4 is 33.2 Å². The lowest BCUT2D eigenvalue weighted by Gasteiger charge is -2.20. The Morgan fingerprint density at radius 3 is 2.48 bits per heavy atom. The van der Waals surface area contributed by atoms with E-state index in [-0.39, 0.29) is 28.9 Å². The van der Waals surface area contributed by atoms with Gasteiger partial charge in [-0.1, -0.05) is 18.5 Å². The van der Waals surface area contributed by atoms with Gasteiger partial charge < -0.3 is 11.1 Å². The molecule has 0 aliphatic rings. The van der Waals surface area contributed by atoms with Crippen LogP contribution in [0.15, 0.2) is 17.0 Å². The summed E-state index contributed by atoms with van der Waals surface area (Å²) in [7, 11) is -3.82. The molecule has 0 aliphatic carbocycles. The van der Waals surface area contributed by atoms with Crippen molar-refractivity contribution in [3.05, 3.63) is 22.7 Å². The normalized spacial score (nSPS) is 11.7. The number of nitrogens with one attached hydrogen (secondary N) is 1. The molecule has 118 valence electrons. The van der Waals surface area contributed by atoms with Gasteiger partial charge in [-0.25, -0.2) is 8.42 Å². The van der Waals surface area contributed by atoms with Crippen LogP contribution in [0.4, 0.5) is 5.69 Å². The molecule has 1 aromatic rings. The Balaban J connectivity index is 3.16. The van der Waals surface area contributed by atoms with E-state index in [2.05, 4.69) is 5.32 Å². The molecule has 1 rings (SSSR count). The van der Waals surface area contributed by atoms with E-state index in [1.807, 2.05) is 0 Å². The van der Waals surface area contributed by atoms with Crippen LogP contribution >= 0.6 is 11.6 Å². The number of amides is 1. The second kappa shape index (κ2) is 7.11. The van der Waals surface area contributed by atoms with E-state index in [9.17, 15) is 13.2 Å². The second-order valence-electron chi connectivity index (χ2n) is 4.50. The quantitative estimate of drug-likeness (QED) is 0.769. The molecular formula is C13H20ClN3O3S. The summed E-state index contributed by atoms with van der Waals surface area (Å²) in [6, 6.07) is 2.71. The Kier molecular flexibility index (Phi) is 6.00. The highest BCUT2D eigenvalue weighted by Gasteiger charge is 2.26. The van der Waals surface area contributed by atoms with Crippen LogP contribution < -0.4 is 11.1 Å². The molecule has 6 nitrogen and oxygen atoms in total. The van der Waals surface area contributed by atoms with Gasteiger partial charge in [-0.2, -0.15) is 4.31 Å². The SMILES string of the molecule is CCNC(=O)CN(CC)S(=O)(=O)c1cc(N)c(C)c(Cl)c1. The molecule has 0 unspecified atom stereocenters. The molecule has 0 radical (unpaired) electrons. The lowest BCUT2D eigenvalue weighted by molar-refractivity contribution is -0.121. The largest absolute Gasteiger partial charge is 0.398 e. The molecule has 1 aromatic carbocycles. The summed E-state index contributed by atoms with van der Waals surface area (Å²) in [4.78, 5) is 11.6. The first kappa shape index (κ1) is 17.7. The number of hydrogen-bond acceptors (Lipinski definition) is 4. The van der Waals surface area contributed by atoms with Crippen molar-refractivity contribution in [3.8, 4) is 0 Å². The van der Waals surface area contributed by atoms with E-state index >= 15 is 0 Å². The second-order valence-corrected chi connectivity index (χ2v) is 6.85. The molecule has 0 saturated carbocycles. The Hall–Kier alpha value is -1.31. The predicted octanol–water partition coefficient (Wildman–Crippen LogP) is 1.38. The fourth-order valence-corrected chi connectivity index (χ4v) is 3.51. The van der Waals surface area contributed by atoms with Crippen molar-refractivity contribution < 1.29 is 13.2 Å². The number of nitrogens with zero attached hydrogens (tertiary/aromatic N) is 1. The van der Waals surface area contributed by atoms with Gasteiger partial charge in [-0.15, -0.1) is 0 Å². The summed E-state index contributed by atoms with van der Waals surface area (Å²) in [5.41, 5.74) is 6.69. The summed E-state index contributed by atoms with van der Waals surface area (Å²) >= 11 is 5.99. The first-order valence-corrected chi connectivity index (χ1v) is 8.38. The number of carbonyl (C=O) groups is 1. The molecule has 0 atom stereocenters. The first-order valence-electron chi connectivity index (χ1n) is 6.56. The average Bonchev–Trinajstić information content (AvgIpc) is 2.41. The maximum atomic E-state index is 12.6. The maximum absolute atomic E-state index is 12.6. The molecule has 3 N–H and O–H groups in total. The Morgan fingerprint density at radius 1 is 1.38 bits per heavy atom. The van der Waals surface area contributed by atoms with Crippen LogP contribution in [-0.2, 0) is 14.8 Å². The summed E-state index contributed by atoms with van der Waals surface area (Å²) in [6.45, 7) is 5.52. The van der Waals surface area contributed by atoms with E-state index in [0.29, 0.717) is 17.8 Å². The van der Waals surface area contributed by atoms with Crippen molar-refractivity contribution in [1.82, 2.24) is 9.62 Å². The van der Waals surface area contributed by atoms with Crippen molar-refractivity contribution in [2.24, 2.45) is 0 Å². The van der Waals surface area contributed by atoms with Gasteiger partial charge in [0, 0.05) is 23.8 Å². The van der Waals surface area contributed by atoms with Crippen LogP contribution in [-0.4, -0.2) is 38.3 Å². The number of halogens is 1. The van der Waals surface area contributed by atoms with Gasteiger partial charge in [-0.3, -0.25) is 4.79 Å². The first-order chi connectivity index (χ1) is 9.73. The fraction of sp³-hybridized carbons (Fsp3) is 0.462. The number of carbonyl (C=O) groups excluding carboxylic acids is 1. The minimum absolute atomic E-state index is 0.0123. The Morgan fingerprint density at radius 2 is 2.00 bits per heavy atom.